The highest BCUT2D eigenvalue weighted by molar-refractivity contribution is 5.47. The van der Waals surface area contributed by atoms with Crippen molar-refractivity contribution in [3.8, 4) is 17.6 Å². The summed E-state index contributed by atoms with van der Waals surface area (Å²) in [6, 6.07) is 11.5. The molecule has 0 radical (unpaired) electrons. The van der Waals surface area contributed by atoms with Crippen molar-refractivity contribution in [2.45, 2.75) is 6.61 Å². The Bertz CT molecular complexity index is 665. The second kappa shape index (κ2) is 5.93. The maximum absolute atomic E-state index is 13.7. The van der Waals surface area contributed by atoms with Gasteiger partial charge in [0.25, 0.3) is 0 Å². The zero-order valence-corrected chi connectivity index (χ0v) is 10.9. The van der Waals surface area contributed by atoms with E-state index in [1.54, 1.807) is 30.3 Å². The summed E-state index contributed by atoms with van der Waals surface area (Å²) >= 11 is 0. The van der Waals surface area contributed by atoms with Gasteiger partial charge < -0.3 is 15.2 Å². The van der Waals surface area contributed by atoms with Crippen LogP contribution in [0.3, 0.4) is 0 Å². The molecule has 0 aromatic heterocycles. The first-order chi connectivity index (χ1) is 9.65. The number of nitrogen functional groups attached to an aromatic ring is 1. The Morgan fingerprint density at radius 1 is 1.25 bits per heavy atom. The predicted molar refractivity (Wildman–Crippen MR) is 72.9 cm³/mol. The summed E-state index contributed by atoms with van der Waals surface area (Å²) < 4.78 is 24.4. The van der Waals surface area contributed by atoms with Gasteiger partial charge >= 0.3 is 0 Å². The van der Waals surface area contributed by atoms with Crippen molar-refractivity contribution >= 4 is 5.69 Å². The number of hydrogen-bond donors (Lipinski definition) is 1. The number of nitrogens with zero attached hydrogens (tertiary/aromatic N) is 1. The SMILES string of the molecule is COc1cc(C#N)ccc1OCc1cccc(N)c1F. The Morgan fingerprint density at radius 3 is 2.75 bits per heavy atom. The van der Waals surface area contributed by atoms with Gasteiger partial charge in [0.15, 0.2) is 17.3 Å². The summed E-state index contributed by atoms with van der Waals surface area (Å²) in [6.07, 6.45) is 0. The summed E-state index contributed by atoms with van der Waals surface area (Å²) in [7, 11) is 1.48. The highest BCUT2D eigenvalue weighted by Gasteiger charge is 2.09. The molecule has 5 heteroatoms. The number of halogens is 1. The summed E-state index contributed by atoms with van der Waals surface area (Å²) in [4.78, 5) is 0. The third-order valence-electron chi connectivity index (χ3n) is 2.78. The Balaban J connectivity index is 2.19. The molecule has 0 bridgehead atoms. The molecule has 0 aliphatic heterocycles. The van der Waals surface area contributed by atoms with Gasteiger partial charge in [-0.3, -0.25) is 0 Å². The highest BCUT2D eigenvalue weighted by atomic mass is 19.1. The van der Waals surface area contributed by atoms with Crippen LogP contribution in [-0.2, 0) is 6.61 Å². The smallest absolute Gasteiger partial charge is 0.162 e. The largest absolute Gasteiger partial charge is 0.493 e. The summed E-state index contributed by atoms with van der Waals surface area (Å²) in [5.74, 6) is 0.377. The molecule has 4 nitrogen and oxygen atoms in total. The van der Waals surface area contributed by atoms with Crippen LogP contribution in [0.5, 0.6) is 11.5 Å². The van der Waals surface area contributed by atoms with E-state index >= 15 is 0 Å². The van der Waals surface area contributed by atoms with E-state index in [0.717, 1.165) is 0 Å². The second-order valence-electron chi connectivity index (χ2n) is 4.09. The first-order valence-electron chi connectivity index (χ1n) is 5.89. The van der Waals surface area contributed by atoms with E-state index in [2.05, 4.69) is 0 Å². The van der Waals surface area contributed by atoms with Crippen LogP contribution < -0.4 is 15.2 Å². The molecule has 0 saturated carbocycles. The fourth-order valence-electron chi connectivity index (χ4n) is 1.72. The van der Waals surface area contributed by atoms with Gasteiger partial charge in [-0.05, 0) is 18.2 Å². The zero-order valence-electron chi connectivity index (χ0n) is 10.9. The third-order valence-corrected chi connectivity index (χ3v) is 2.78. The van der Waals surface area contributed by atoms with Gasteiger partial charge in [0.05, 0.1) is 24.4 Å². The van der Waals surface area contributed by atoms with Crippen LogP contribution in [0, 0.1) is 17.1 Å². The Kier molecular flexibility index (Phi) is 4.06. The van der Waals surface area contributed by atoms with E-state index in [4.69, 9.17) is 20.5 Å². The Morgan fingerprint density at radius 2 is 2.05 bits per heavy atom. The van der Waals surface area contributed by atoms with E-state index in [-0.39, 0.29) is 12.3 Å². The molecule has 0 saturated heterocycles. The third kappa shape index (κ3) is 2.81. The van der Waals surface area contributed by atoms with E-state index in [1.807, 2.05) is 6.07 Å². The maximum Gasteiger partial charge on any atom is 0.162 e. The lowest BCUT2D eigenvalue weighted by molar-refractivity contribution is 0.280. The van der Waals surface area contributed by atoms with Crippen molar-refractivity contribution < 1.29 is 13.9 Å². The zero-order chi connectivity index (χ0) is 14.5. The quantitative estimate of drug-likeness (QED) is 0.869. The van der Waals surface area contributed by atoms with Gasteiger partial charge in [-0.2, -0.15) is 5.26 Å². The minimum Gasteiger partial charge on any atom is -0.493 e. The van der Waals surface area contributed by atoms with Crippen molar-refractivity contribution in [3.63, 3.8) is 0 Å². The van der Waals surface area contributed by atoms with Crippen LogP contribution in [0.25, 0.3) is 0 Å². The normalized spacial score (nSPS) is 9.85. The lowest BCUT2D eigenvalue weighted by Crippen LogP contribution is -2.02. The molecule has 0 amide bonds. The molecule has 2 aromatic carbocycles. The van der Waals surface area contributed by atoms with Gasteiger partial charge in [-0.15, -0.1) is 0 Å². The van der Waals surface area contributed by atoms with Crippen LogP contribution in [-0.4, -0.2) is 7.11 Å². The molecule has 0 atom stereocenters. The molecule has 0 aliphatic carbocycles. The average molecular weight is 272 g/mol. The van der Waals surface area contributed by atoms with E-state index < -0.39 is 5.82 Å². The van der Waals surface area contributed by atoms with E-state index in [1.165, 1.54) is 13.2 Å². The van der Waals surface area contributed by atoms with E-state index in [0.29, 0.717) is 22.6 Å². The monoisotopic (exact) mass is 272 g/mol. The first-order valence-corrected chi connectivity index (χ1v) is 5.89. The summed E-state index contributed by atoms with van der Waals surface area (Å²) in [5.41, 5.74) is 6.39. The van der Waals surface area contributed by atoms with Gasteiger partial charge in [-0.1, -0.05) is 12.1 Å². The van der Waals surface area contributed by atoms with E-state index in [9.17, 15) is 4.39 Å². The molecular formula is C15H13FN2O2. The molecule has 0 heterocycles. The van der Waals surface area contributed by atoms with Crippen molar-refractivity contribution in [3.05, 3.63) is 53.3 Å². The number of benzene rings is 2. The van der Waals surface area contributed by atoms with Crippen LogP contribution in [0.15, 0.2) is 36.4 Å². The fraction of sp³-hybridized carbons (Fsp3) is 0.133. The van der Waals surface area contributed by atoms with Gasteiger partial charge in [0, 0.05) is 11.6 Å². The predicted octanol–water partition coefficient (Wildman–Crippen LogP) is 2.87. The molecule has 2 rings (SSSR count). The lowest BCUT2D eigenvalue weighted by atomic mass is 10.2. The second-order valence-corrected chi connectivity index (χ2v) is 4.09. The molecule has 0 fully saturated rings. The number of nitriles is 1. The maximum atomic E-state index is 13.7. The first kappa shape index (κ1) is 13.7. The number of rotatable bonds is 4. The molecule has 0 unspecified atom stereocenters. The Labute approximate surface area is 116 Å². The minimum absolute atomic E-state index is 0.0269. The molecule has 2 N–H and O–H groups in total. The Hall–Kier alpha value is -2.74. The van der Waals surface area contributed by atoms with Crippen LogP contribution in [0.4, 0.5) is 10.1 Å². The molecule has 2 aromatic rings. The number of ether oxygens (including phenoxy) is 2. The number of nitrogens with two attached hydrogens (primary N) is 1. The summed E-state index contributed by atoms with van der Waals surface area (Å²) in [5, 5.41) is 8.81. The lowest BCUT2D eigenvalue weighted by Gasteiger charge is -2.11. The molecule has 0 aliphatic rings. The number of hydrogen-bond acceptors (Lipinski definition) is 4. The van der Waals surface area contributed by atoms with Gasteiger partial charge in [0.2, 0.25) is 0 Å². The van der Waals surface area contributed by atoms with Crippen LogP contribution >= 0.6 is 0 Å². The summed E-state index contributed by atoms with van der Waals surface area (Å²) in [6.45, 7) is 0.0269. The standard InChI is InChI=1S/C15H13FN2O2/c1-19-14-7-10(8-17)5-6-13(14)20-9-11-3-2-4-12(18)15(11)16/h2-7H,9,18H2,1H3. The molecule has 0 spiro atoms. The molecule has 102 valence electrons. The van der Waals surface area contributed by atoms with Crippen molar-refractivity contribution in [1.29, 1.82) is 5.26 Å². The van der Waals surface area contributed by atoms with Gasteiger partial charge in [-0.25, -0.2) is 4.39 Å². The van der Waals surface area contributed by atoms with Crippen molar-refractivity contribution in [2.75, 3.05) is 12.8 Å². The van der Waals surface area contributed by atoms with Crippen molar-refractivity contribution in [1.82, 2.24) is 0 Å². The fourth-order valence-corrected chi connectivity index (χ4v) is 1.72. The number of methoxy groups -OCH3 is 1. The minimum atomic E-state index is -0.486. The van der Waals surface area contributed by atoms with Gasteiger partial charge in [0.1, 0.15) is 6.61 Å². The van der Waals surface area contributed by atoms with Crippen LogP contribution in [0.1, 0.15) is 11.1 Å². The molecule has 20 heavy (non-hydrogen) atoms. The van der Waals surface area contributed by atoms with Crippen molar-refractivity contribution in [2.24, 2.45) is 0 Å². The molecular weight excluding hydrogens is 259 g/mol. The average Bonchev–Trinajstić information content (AvgIpc) is 2.48. The highest BCUT2D eigenvalue weighted by Crippen LogP contribution is 2.29. The number of anilines is 1. The van der Waals surface area contributed by atoms with Crippen LogP contribution in [0.2, 0.25) is 0 Å². The topological polar surface area (TPSA) is 68.3 Å².